The fraction of sp³-hybridized carbons (Fsp3) is 0.778. The van der Waals surface area contributed by atoms with Gasteiger partial charge in [-0.2, -0.15) is 0 Å². The molecule has 0 bridgehead atoms. The first-order chi connectivity index (χ1) is 10.7. The minimum Gasteiger partial charge on any atom is -0.384 e. The van der Waals surface area contributed by atoms with E-state index >= 15 is 0 Å². The van der Waals surface area contributed by atoms with Crippen molar-refractivity contribution in [3.05, 3.63) is 20.8 Å². The second kappa shape index (κ2) is 20.3. The lowest BCUT2D eigenvalue weighted by molar-refractivity contribution is 0.288. The lowest BCUT2D eigenvalue weighted by atomic mass is 10.2. The molecule has 3 nitrogen and oxygen atoms in total. The van der Waals surface area contributed by atoms with Gasteiger partial charge in [-0.3, -0.25) is 4.79 Å². The van der Waals surface area contributed by atoms with Crippen LogP contribution in [-0.2, 0) is 0 Å². The van der Waals surface area contributed by atoms with Crippen LogP contribution in [0.3, 0.4) is 0 Å². The Balaban J connectivity index is -0.000000535. The first-order valence-corrected chi connectivity index (χ1v) is 9.36. The molecule has 1 rings (SSSR count). The van der Waals surface area contributed by atoms with Crippen LogP contribution in [0.25, 0.3) is 0 Å². The van der Waals surface area contributed by atoms with E-state index in [0.29, 0.717) is 4.51 Å². The summed E-state index contributed by atoms with van der Waals surface area (Å²) in [5.41, 5.74) is 0.831. The SMILES string of the molecule is CC.CC.CC.CCCN(CC)CCCNc1cc(=O)c1=S. The van der Waals surface area contributed by atoms with Gasteiger partial charge >= 0.3 is 0 Å². The standard InChI is InChI=1S/C12H20N2OS.3C2H6/c1-3-7-14(4-2)8-5-6-13-10-9-11(15)12(10)16;3*1-2/h9,13H,3-8H2,1-2H3;3*1-2H3. The van der Waals surface area contributed by atoms with Gasteiger partial charge in [0.25, 0.3) is 0 Å². The highest BCUT2D eigenvalue weighted by Crippen LogP contribution is 2.07. The van der Waals surface area contributed by atoms with E-state index in [9.17, 15) is 4.79 Å². The average molecular weight is 331 g/mol. The Morgan fingerprint density at radius 2 is 1.59 bits per heavy atom. The normalized spacial score (nSPS) is 8.95. The van der Waals surface area contributed by atoms with Crippen molar-refractivity contribution in [1.29, 1.82) is 0 Å². The molecule has 0 atom stereocenters. The molecule has 0 saturated heterocycles. The molecule has 0 radical (unpaired) electrons. The Hall–Kier alpha value is -0.740. The van der Waals surface area contributed by atoms with Gasteiger partial charge in [0.1, 0.15) is 4.51 Å². The predicted molar refractivity (Wildman–Crippen MR) is 105 cm³/mol. The smallest absolute Gasteiger partial charge is 0.200 e. The van der Waals surface area contributed by atoms with Crippen molar-refractivity contribution in [1.82, 2.24) is 4.90 Å². The van der Waals surface area contributed by atoms with Gasteiger partial charge in [0.05, 0.1) is 5.69 Å². The van der Waals surface area contributed by atoms with Gasteiger partial charge in [0.15, 0.2) is 0 Å². The van der Waals surface area contributed by atoms with E-state index in [0.717, 1.165) is 38.3 Å². The van der Waals surface area contributed by atoms with Crippen LogP contribution in [0.15, 0.2) is 10.9 Å². The van der Waals surface area contributed by atoms with Crippen LogP contribution in [-0.4, -0.2) is 31.1 Å². The Morgan fingerprint density at radius 1 is 1.05 bits per heavy atom. The van der Waals surface area contributed by atoms with Crippen LogP contribution in [0.2, 0.25) is 0 Å². The van der Waals surface area contributed by atoms with E-state index in [2.05, 4.69) is 24.1 Å². The van der Waals surface area contributed by atoms with Crippen molar-refractivity contribution < 1.29 is 0 Å². The third-order valence-corrected chi connectivity index (χ3v) is 3.12. The Morgan fingerprint density at radius 3 is 1.95 bits per heavy atom. The lowest BCUT2D eigenvalue weighted by Crippen LogP contribution is -2.27. The third kappa shape index (κ3) is 11.9. The van der Waals surface area contributed by atoms with Gasteiger partial charge in [0.2, 0.25) is 5.43 Å². The van der Waals surface area contributed by atoms with Crippen LogP contribution in [0.4, 0.5) is 5.69 Å². The summed E-state index contributed by atoms with van der Waals surface area (Å²) in [6.45, 7) is 20.6. The van der Waals surface area contributed by atoms with Crippen LogP contribution in [0.1, 0.15) is 68.2 Å². The molecule has 0 aliphatic carbocycles. The molecule has 1 N–H and O–H groups in total. The van der Waals surface area contributed by atoms with E-state index in [1.165, 1.54) is 6.42 Å². The van der Waals surface area contributed by atoms with Crippen molar-refractivity contribution >= 4 is 17.9 Å². The Bertz CT molecular complexity index is 384. The first-order valence-electron chi connectivity index (χ1n) is 8.95. The molecular weight excluding hydrogens is 292 g/mol. The van der Waals surface area contributed by atoms with Gasteiger partial charge in [-0.1, -0.05) is 67.6 Å². The number of hydrogen-bond acceptors (Lipinski definition) is 4. The molecule has 22 heavy (non-hydrogen) atoms. The van der Waals surface area contributed by atoms with Gasteiger partial charge < -0.3 is 10.2 Å². The molecule has 0 amide bonds. The molecule has 132 valence electrons. The maximum Gasteiger partial charge on any atom is 0.200 e. The molecular formula is C18H38N2OS. The van der Waals surface area contributed by atoms with Gasteiger partial charge in [0, 0.05) is 12.6 Å². The van der Waals surface area contributed by atoms with Crippen LogP contribution in [0, 0.1) is 4.51 Å². The summed E-state index contributed by atoms with van der Waals surface area (Å²) in [6, 6.07) is 1.58. The predicted octanol–water partition coefficient (Wildman–Crippen LogP) is 5.26. The summed E-state index contributed by atoms with van der Waals surface area (Å²) in [7, 11) is 0. The van der Waals surface area contributed by atoms with Gasteiger partial charge in [-0.25, -0.2) is 0 Å². The van der Waals surface area contributed by atoms with E-state index in [4.69, 9.17) is 12.2 Å². The van der Waals surface area contributed by atoms with Gasteiger partial charge in [-0.15, -0.1) is 0 Å². The summed E-state index contributed by atoms with van der Waals surface area (Å²) < 4.78 is 0.459. The van der Waals surface area contributed by atoms with E-state index in [-0.39, 0.29) is 5.43 Å². The minimum atomic E-state index is -0.0151. The second-order valence-corrected chi connectivity index (χ2v) is 4.37. The molecule has 0 unspecified atom stereocenters. The molecule has 4 heteroatoms. The van der Waals surface area contributed by atoms with Crippen molar-refractivity contribution in [2.45, 2.75) is 68.2 Å². The van der Waals surface area contributed by atoms with Crippen molar-refractivity contribution in [3.8, 4) is 0 Å². The molecule has 0 saturated carbocycles. The number of hydrogen-bond donors (Lipinski definition) is 1. The van der Waals surface area contributed by atoms with E-state index in [1.54, 1.807) is 6.07 Å². The van der Waals surface area contributed by atoms with Crippen molar-refractivity contribution in [2.75, 3.05) is 31.5 Å². The molecule has 0 aliphatic rings. The molecule has 0 spiro atoms. The summed E-state index contributed by atoms with van der Waals surface area (Å²) in [5.74, 6) is 0. The molecule has 0 heterocycles. The largest absolute Gasteiger partial charge is 0.384 e. The number of rotatable bonds is 8. The first kappa shape index (κ1) is 26.2. The van der Waals surface area contributed by atoms with Crippen molar-refractivity contribution in [2.24, 2.45) is 0 Å². The number of nitrogens with one attached hydrogen (secondary N) is 1. The zero-order valence-electron chi connectivity index (χ0n) is 16.1. The number of nitrogens with zero attached hydrogens (tertiary/aromatic N) is 1. The van der Waals surface area contributed by atoms with Crippen molar-refractivity contribution in [3.63, 3.8) is 0 Å². The fourth-order valence-corrected chi connectivity index (χ4v) is 1.91. The lowest BCUT2D eigenvalue weighted by Gasteiger charge is -2.19. The fourth-order valence-electron chi connectivity index (χ4n) is 1.72. The number of anilines is 1. The summed E-state index contributed by atoms with van der Waals surface area (Å²) >= 11 is 4.90. The maximum atomic E-state index is 10.8. The Kier molecular flexibility index (Phi) is 24.1. The van der Waals surface area contributed by atoms with Gasteiger partial charge in [-0.05, 0) is 32.5 Å². The zero-order valence-corrected chi connectivity index (χ0v) is 16.9. The average Bonchev–Trinajstić information content (AvgIpc) is 2.61. The van der Waals surface area contributed by atoms with Crippen LogP contribution >= 0.6 is 12.2 Å². The molecule has 1 aromatic carbocycles. The minimum absolute atomic E-state index is 0.0151. The molecule has 0 aromatic heterocycles. The summed E-state index contributed by atoms with van der Waals surface area (Å²) in [4.78, 5) is 13.3. The molecule has 1 aromatic rings. The highest BCUT2D eigenvalue weighted by Gasteiger charge is 2.04. The molecule has 0 fully saturated rings. The zero-order chi connectivity index (χ0) is 18.0. The highest BCUT2D eigenvalue weighted by molar-refractivity contribution is 7.71. The maximum absolute atomic E-state index is 10.8. The van der Waals surface area contributed by atoms with E-state index in [1.807, 2.05) is 41.5 Å². The van der Waals surface area contributed by atoms with Crippen LogP contribution in [0.5, 0.6) is 0 Å². The monoisotopic (exact) mass is 330 g/mol. The topological polar surface area (TPSA) is 32.3 Å². The summed E-state index contributed by atoms with van der Waals surface area (Å²) in [6.07, 6.45) is 2.28. The molecule has 0 aliphatic heterocycles. The Labute approximate surface area is 143 Å². The highest BCUT2D eigenvalue weighted by atomic mass is 32.1. The quantitative estimate of drug-likeness (QED) is 0.520. The third-order valence-electron chi connectivity index (χ3n) is 2.70. The second-order valence-electron chi connectivity index (χ2n) is 3.97. The van der Waals surface area contributed by atoms with Crippen LogP contribution < -0.4 is 10.7 Å². The summed E-state index contributed by atoms with van der Waals surface area (Å²) in [5, 5.41) is 3.19. The van der Waals surface area contributed by atoms with E-state index < -0.39 is 0 Å².